The Labute approximate surface area is 178 Å². The first-order valence-electron chi connectivity index (χ1n) is 10.0. The largest absolute Gasteiger partial charge is 0.451 e. The highest BCUT2D eigenvalue weighted by atomic mass is 35.5. The van der Waals surface area contributed by atoms with Gasteiger partial charge in [-0.25, -0.2) is 4.79 Å². The maximum Gasteiger partial charge on any atom is 0.330 e. The van der Waals surface area contributed by atoms with Gasteiger partial charge in [-0.1, -0.05) is 38.3 Å². The van der Waals surface area contributed by atoms with E-state index in [4.69, 9.17) is 21.8 Å². The van der Waals surface area contributed by atoms with Crippen LogP contribution >= 0.6 is 11.6 Å². The lowest BCUT2D eigenvalue weighted by Gasteiger charge is -2.23. The molecule has 0 spiro atoms. The zero-order chi connectivity index (χ0) is 21.8. The second kappa shape index (κ2) is 9.21. The number of hydrogen-bond acceptors (Lipinski definition) is 5. The summed E-state index contributed by atoms with van der Waals surface area (Å²) in [7, 11) is 0. The van der Waals surface area contributed by atoms with E-state index in [2.05, 4.69) is 4.98 Å². The summed E-state index contributed by atoms with van der Waals surface area (Å²) in [6.07, 6.45) is 3.00. The third kappa shape index (κ3) is 4.28. The number of anilines is 2. The van der Waals surface area contributed by atoms with Crippen molar-refractivity contribution in [2.45, 2.75) is 46.1 Å². The first-order valence-corrected chi connectivity index (χ1v) is 10.4. The minimum absolute atomic E-state index is 0.0270. The Bertz CT molecular complexity index is 1180. The van der Waals surface area contributed by atoms with Crippen LogP contribution in [0.3, 0.4) is 0 Å². The Kier molecular flexibility index (Phi) is 6.66. The maximum atomic E-state index is 13.3. The number of carbonyl (C=O) groups excluding carboxylic acids is 1. The second-order valence-electron chi connectivity index (χ2n) is 7.10. The van der Waals surface area contributed by atoms with Crippen molar-refractivity contribution < 1.29 is 9.21 Å². The topological polar surface area (TPSA) is 114 Å². The summed E-state index contributed by atoms with van der Waals surface area (Å²) in [5.41, 5.74) is 5.39. The summed E-state index contributed by atoms with van der Waals surface area (Å²) < 4.78 is 6.99. The molecule has 3 rings (SSSR count). The summed E-state index contributed by atoms with van der Waals surface area (Å²) >= 11 is 6.02. The van der Waals surface area contributed by atoms with Crippen molar-refractivity contribution in [3.05, 3.63) is 55.9 Å². The highest BCUT2D eigenvalue weighted by Gasteiger charge is 2.27. The molecule has 9 heteroatoms. The smallest absolute Gasteiger partial charge is 0.330 e. The van der Waals surface area contributed by atoms with Crippen LogP contribution in [0.1, 0.15) is 50.1 Å². The number of amides is 1. The predicted octanol–water partition coefficient (Wildman–Crippen LogP) is 3.77. The minimum Gasteiger partial charge on any atom is -0.451 e. The number of H-pyrrole nitrogens is 1. The molecule has 0 aliphatic carbocycles. The number of nitrogens with zero attached hydrogens (tertiary/aromatic N) is 2. The van der Waals surface area contributed by atoms with Gasteiger partial charge in [0.05, 0.1) is 0 Å². The third-order valence-corrected chi connectivity index (χ3v) is 5.12. The fourth-order valence-electron chi connectivity index (χ4n) is 3.26. The van der Waals surface area contributed by atoms with E-state index in [1.165, 1.54) is 9.47 Å². The number of rotatable bonds is 8. The molecule has 1 amide bonds. The van der Waals surface area contributed by atoms with Crippen LogP contribution < -0.4 is 21.9 Å². The minimum atomic E-state index is -0.700. The van der Waals surface area contributed by atoms with Crippen LogP contribution in [0.2, 0.25) is 5.02 Å². The van der Waals surface area contributed by atoms with E-state index in [0.29, 0.717) is 35.4 Å². The molecule has 0 aliphatic rings. The van der Waals surface area contributed by atoms with E-state index in [0.717, 1.165) is 12.8 Å². The molecule has 8 nitrogen and oxygen atoms in total. The molecule has 0 atom stereocenters. The number of unbranched alkanes of at least 4 members (excludes halogenated alkanes) is 2. The number of furan rings is 1. The SMILES string of the molecule is CCCCN(C(=O)c1cc2cc(Cl)ccc2o1)c1c(N)n(CCCC)c(=O)[nH]c1=O. The second-order valence-corrected chi connectivity index (χ2v) is 7.54. The number of carbonyl (C=O) groups is 1. The van der Waals surface area contributed by atoms with Gasteiger partial charge in [0, 0.05) is 23.5 Å². The van der Waals surface area contributed by atoms with Gasteiger partial charge in [0.2, 0.25) is 0 Å². The lowest BCUT2D eigenvalue weighted by molar-refractivity contribution is 0.0961. The predicted molar refractivity (Wildman–Crippen MR) is 118 cm³/mol. The molecule has 0 bridgehead atoms. The molecular formula is C21H25ClN4O4. The number of hydrogen-bond donors (Lipinski definition) is 2. The first kappa shape index (κ1) is 21.7. The average Bonchev–Trinajstić information content (AvgIpc) is 3.12. The summed E-state index contributed by atoms with van der Waals surface area (Å²) in [6, 6.07) is 6.62. The van der Waals surface area contributed by atoms with Crippen molar-refractivity contribution >= 4 is 40.0 Å². The molecule has 0 unspecified atom stereocenters. The Morgan fingerprint density at radius 3 is 2.63 bits per heavy atom. The van der Waals surface area contributed by atoms with Crippen LogP contribution in [0, 0.1) is 0 Å². The molecule has 1 aromatic carbocycles. The van der Waals surface area contributed by atoms with E-state index in [1.54, 1.807) is 24.3 Å². The first-order chi connectivity index (χ1) is 14.4. The maximum absolute atomic E-state index is 13.3. The zero-order valence-electron chi connectivity index (χ0n) is 17.0. The van der Waals surface area contributed by atoms with E-state index in [9.17, 15) is 14.4 Å². The van der Waals surface area contributed by atoms with Crippen LogP contribution in [0.4, 0.5) is 11.5 Å². The number of aromatic amines is 1. The molecule has 3 aromatic rings. The average molecular weight is 433 g/mol. The molecule has 160 valence electrons. The van der Waals surface area contributed by atoms with Crippen molar-refractivity contribution in [1.82, 2.24) is 9.55 Å². The summed E-state index contributed by atoms with van der Waals surface area (Å²) in [5.74, 6) is -0.469. The number of benzene rings is 1. The summed E-state index contributed by atoms with van der Waals surface area (Å²) in [5, 5.41) is 1.20. The molecule has 2 aromatic heterocycles. The highest BCUT2D eigenvalue weighted by molar-refractivity contribution is 6.31. The lowest BCUT2D eigenvalue weighted by Crippen LogP contribution is -2.41. The number of halogens is 1. The highest BCUT2D eigenvalue weighted by Crippen LogP contribution is 2.26. The summed E-state index contributed by atoms with van der Waals surface area (Å²) in [4.78, 5) is 41.8. The normalized spacial score (nSPS) is 11.2. The van der Waals surface area contributed by atoms with E-state index in [-0.39, 0.29) is 23.8 Å². The molecule has 0 radical (unpaired) electrons. The molecule has 3 N–H and O–H groups in total. The van der Waals surface area contributed by atoms with Crippen molar-refractivity contribution in [3.8, 4) is 0 Å². The molecule has 0 aliphatic heterocycles. The molecular weight excluding hydrogens is 408 g/mol. The van der Waals surface area contributed by atoms with Gasteiger partial charge < -0.3 is 10.2 Å². The number of nitrogens with one attached hydrogen (secondary N) is 1. The number of fused-ring (bicyclic) bond motifs is 1. The quantitative estimate of drug-likeness (QED) is 0.562. The van der Waals surface area contributed by atoms with Gasteiger partial charge in [0.15, 0.2) is 11.4 Å². The number of nitrogen functional groups attached to an aromatic ring is 1. The number of nitrogens with two attached hydrogens (primary N) is 1. The molecule has 2 heterocycles. The number of aromatic nitrogens is 2. The zero-order valence-corrected chi connectivity index (χ0v) is 17.8. The van der Waals surface area contributed by atoms with E-state index in [1.807, 2.05) is 13.8 Å². The van der Waals surface area contributed by atoms with Crippen LogP contribution in [-0.4, -0.2) is 22.0 Å². The summed E-state index contributed by atoms with van der Waals surface area (Å²) in [6.45, 7) is 4.57. The van der Waals surface area contributed by atoms with Gasteiger partial charge in [-0.3, -0.25) is 24.0 Å². The van der Waals surface area contributed by atoms with E-state index >= 15 is 0 Å². The standard InChI is InChI=1S/C21H25ClN4O4/c1-3-5-9-25(17-18(23)26(10-6-4-2)21(29)24-19(17)27)20(28)16-12-13-11-14(22)7-8-15(13)30-16/h7-8,11-12H,3-6,9-10,23H2,1-2H3,(H,24,27,29). The van der Waals surface area contributed by atoms with Gasteiger partial charge >= 0.3 is 5.69 Å². The van der Waals surface area contributed by atoms with Crippen molar-refractivity contribution in [2.75, 3.05) is 17.2 Å². The fraction of sp³-hybridized carbons (Fsp3) is 0.381. The van der Waals surface area contributed by atoms with Gasteiger partial charge in [0.25, 0.3) is 11.5 Å². The van der Waals surface area contributed by atoms with Crippen LogP contribution in [0.5, 0.6) is 0 Å². The Hall–Kier alpha value is -3.00. The molecule has 0 saturated carbocycles. The lowest BCUT2D eigenvalue weighted by atomic mass is 10.2. The molecule has 0 saturated heterocycles. The van der Waals surface area contributed by atoms with Gasteiger partial charge in [-0.2, -0.15) is 0 Å². The van der Waals surface area contributed by atoms with Gasteiger partial charge in [0.1, 0.15) is 11.4 Å². The van der Waals surface area contributed by atoms with Crippen LogP contribution in [0.15, 0.2) is 38.3 Å². The van der Waals surface area contributed by atoms with Crippen molar-refractivity contribution in [1.29, 1.82) is 0 Å². The monoisotopic (exact) mass is 432 g/mol. The Morgan fingerprint density at radius 2 is 1.93 bits per heavy atom. The van der Waals surface area contributed by atoms with Gasteiger partial charge in [-0.15, -0.1) is 0 Å². The Morgan fingerprint density at radius 1 is 1.20 bits per heavy atom. The fourth-order valence-corrected chi connectivity index (χ4v) is 3.44. The van der Waals surface area contributed by atoms with Crippen LogP contribution in [-0.2, 0) is 6.54 Å². The van der Waals surface area contributed by atoms with Crippen LogP contribution in [0.25, 0.3) is 11.0 Å². The molecule has 30 heavy (non-hydrogen) atoms. The Balaban J connectivity index is 2.10. The van der Waals surface area contributed by atoms with Gasteiger partial charge in [-0.05, 0) is 37.1 Å². The van der Waals surface area contributed by atoms with Crippen molar-refractivity contribution in [3.63, 3.8) is 0 Å². The third-order valence-electron chi connectivity index (χ3n) is 4.89. The van der Waals surface area contributed by atoms with E-state index < -0.39 is 17.2 Å². The van der Waals surface area contributed by atoms with Crippen molar-refractivity contribution in [2.24, 2.45) is 0 Å². The molecule has 0 fully saturated rings.